The van der Waals surface area contributed by atoms with Gasteiger partial charge in [-0.1, -0.05) is 29.8 Å². The van der Waals surface area contributed by atoms with E-state index in [1.54, 1.807) is 12.5 Å². The van der Waals surface area contributed by atoms with Crippen molar-refractivity contribution in [1.29, 1.82) is 0 Å². The second kappa shape index (κ2) is 11.5. The average molecular weight is 493 g/mol. The molecule has 1 unspecified atom stereocenters. The molecule has 0 spiro atoms. The first-order chi connectivity index (χ1) is 17.0. The highest BCUT2D eigenvalue weighted by Gasteiger charge is 2.24. The molecule has 3 aromatic rings. The Morgan fingerprint density at radius 2 is 1.97 bits per heavy atom. The lowest BCUT2D eigenvalue weighted by Crippen LogP contribution is -2.38. The van der Waals surface area contributed by atoms with Crippen molar-refractivity contribution >= 4 is 29.7 Å². The summed E-state index contributed by atoms with van der Waals surface area (Å²) in [6, 6.07) is 6.08. The number of rotatable bonds is 7. The van der Waals surface area contributed by atoms with Crippen molar-refractivity contribution < 1.29 is 9.53 Å². The van der Waals surface area contributed by atoms with Crippen molar-refractivity contribution in [2.45, 2.75) is 26.2 Å². The minimum atomic E-state index is -0.439. The van der Waals surface area contributed by atoms with Gasteiger partial charge in [-0.3, -0.25) is 14.7 Å². The number of hydrogen-bond acceptors (Lipinski definition) is 7. The van der Waals surface area contributed by atoms with Gasteiger partial charge in [0.25, 0.3) is 0 Å². The molecule has 0 aliphatic carbocycles. The van der Waals surface area contributed by atoms with Gasteiger partial charge in [-0.05, 0) is 37.1 Å². The lowest BCUT2D eigenvalue weighted by Gasteiger charge is -2.25. The van der Waals surface area contributed by atoms with Gasteiger partial charge in [0.05, 0.1) is 30.0 Å². The fourth-order valence-corrected chi connectivity index (χ4v) is 4.61. The molecule has 2 N–H and O–H groups in total. The number of aryl methyl sites for hydroxylation is 1. The van der Waals surface area contributed by atoms with Crippen LogP contribution in [-0.2, 0) is 9.53 Å². The van der Waals surface area contributed by atoms with Crippen LogP contribution in [0.4, 0.5) is 0 Å². The molecule has 1 saturated heterocycles. The molecule has 3 heterocycles. The van der Waals surface area contributed by atoms with E-state index in [0.717, 1.165) is 65.8 Å². The first-order valence-electron chi connectivity index (χ1n) is 11.6. The number of primary amides is 1. The van der Waals surface area contributed by atoms with E-state index >= 15 is 0 Å². The molecule has 0 saturated carbocycles. The highest BCUT2D eigenvalue weighted by atomic mass is 35.5. The maximum Gasteiger partial charge on any atom is 0.218 e. The number of amides is 1. The van der Waals surface area contributed by atoms with Crippen LogP contribution in [0.3, 0.4) is 0 Å². The third-order valence-electron chi connectivity index (χ3n) is 6.19. The summed E-state index contributed by atoms with van der Waals surface area (Å²) in [5, 5.41) is 2.10. The minimum Gasteiger partial charge on any atom is -0.379 e. The van der Waals surface area contributed by atoms with E-state index in [-0.39, 0.29) is 11.6 Å². The fraction of sp³-hybridized carbons (Fsp3) is 0.346. The summed E-state index contributed by atoms with van der Waals surface area (Å²) in [6.07, 6.45) is 8.91. The van der Waals surface area contributed by atoms with Crippen LogP contribution in [0.15, 0.2) is 36.9 Å². The van der Waals surface area contributed by atoms with Gasteiger partial charge < -0.3 is 10.5 Å². The zero-order chi connectivity index (χ0) is 24.8. The lowest BCUT2D eigenvalue weighted by atomic mass is 9.87. The molecule has 0 radical (unpaired) electrons. The number of carbonyl (C=O) groups excluding carboxylic acids is 1. The van der Waals surface area contributed by atoms with Gasteiger partial charge in [0, 0.05) is 55.1 Å². The zero-order valence-corrected chi connectivity index (χ0v) is 20.7. The maximum atomic E-state index is 12.0. The van der Waals surface area contributed by atoms with E-state index in [9.17, 15) is 4.79 Å². The molecule has 9 heteroatoms. The molecule has 1 atom stereocenters. The van der Waals surface area contributed by atoms with Crippen molar-refractivity contribution in [2.75, 3.05) is 32.8 Å². The highest BCUT2D eigenvalue weighted by Crippen LogP contribution is 2.34. The summed E-state index contributed by atoms with van der Waals surface area (Å²) in [5.74, 6) is -0.858. The first-order valence-corrected chi connectivity index (χ1v) is 12.0. The molecule has 1 aliphatic rings. The Bertz CT molecular complexity index is 1320. The van der Waals surface area contributed by atoms with Gasteiger partial charge in [-0.2, -0.15) is 0 Å². The molecule has 2 aromatic heterocycles. The summed E-state index contributed by atoms with van der Waals surface area (Å²) in [6.45, 7) is 8.10. The standard InChI is InChI=1S/C26H29ClN6O2/c1-3-19-22(6-9-33-10-12-35-13-11-33)31-16-32-24(19)18-5-4-17(2)20(14-18)21(15-23(28)34)25-26(27)30-8-7-29-25/h3-8,14,16,21H,9-13,15H2,1-2H3,(H2,28,34)/b19-3+,22-6+. The number of hydrogen-bond donors (Lipinski definition) is 1. The van der Waals surface area contributed by atoms with Crippen molar-refractivity contribution in [3.63, 3.8) is 0 Å². The fourth-order valence-electron chi connectivity index (χ4n) is 4.37. The molecule has 1 fully saturated rings. The third-order valence-corrected chi connectivity index (χ3v) is 6.48. The minimum absolute atomic E-state index is 0.0673. The summed E-state index contributed by atoms with van der Waals surface area (Å²) >= 11 is 6.36. The van der Waals surface area contributed by atoms with Gasteiger partial charge >= 0.3 is 0 Å². The smallest absolute Gasteiger partial charge is 0.218 e. The van der Waals surface area contributed by atoms with Crippen LogP contribution in [0, 0.1) is 6.92 Å². The second-order valence-corrected chi connectivity index (χ2v) is 8.81. The number of nitrogens with two attached hydrogens (primary N) is 1. The van der Waals surface area contributed by atoms with Crippen LogP contribution in [0.5, 0.6) is 0 Å². The lowest BCUT2D eigenvalue weighted by molar-refractivity contribution is -0.118. The van der Waals surface area contributed by atoms with Gasteiger partial charge in [-0.15, -0.1) is 0 Å². The second-order valence-electron chi connectivity index (χ2n) is 8.45. The Morgan fingerprint density at radius 1 is 1.20 bits per heavy atom. The van der Waals surface area contributed by atoms with E-state index in [4.69, 9.17) is 22.1 Å². The molecule has 8 nitrogen and oxygen atoms in total. The number of nitrogens with zero attached hydrogens (tertiary/aromatic N) is 5. The van der Waals surface area contributed by atoms with Crippen molar-refractivity contribution in [1.82, 2.24) is 24.8 Å². The number of aromatic nitrogens is 4. The van der Waals surface area contributed by atoms with Crippen LogP contribution < -0.4 is 16.3 Å². The van der Waals surface area contributed by atoms with E-state index in [1.165, 1.54) is 6.20 Å². The number of morpholine rings is 1. The van der Waals surface area contributed by atoms with Gasteiger partial charge in [0.15, 0.2) is 5.15 Å². The number of halogens is 1. The van der Waals surface area contributed by atoms with Crippen LogP contribution in [0.25, 0.3) is 23.4 Å². The summed E-state index contributed by atoms with van der Waals surface area (Å²) in [4.78, 5) is 32.0. The summed E-state index contributed by atoms with van der Waals surface area (Å²) in [7, 11) is 0. The molecular formula is C26H29ClN6O2. The Labute approximate surface area is 209 Å². The largest absolute Gasteiger partial charge is 0.379 e. The topological polar surface area (TPSA) is 107 Å². The summed E-state index contributed by atoms with van der Waals surface area (Å²) in [5.41, 5.74) is 9.77. The molecule has 1 amide bonds. The molecule has 1 aromatic carbocycles. The average Bonchev–Trinajstić information content (AvgIpc) is 2.87. The number of carbonyl (C=O) groups is 1. The molecule has 0 bridgehead atoms. The third kappa shape index (κ3) is 5.90. The van der Waals surface area contributed by atoms with Gasteiger partial charge in [0.1, 0.15) is 6.33 Å². The van der Waals surface area contributed by atoms with Crippen molar-refractivity contribution in [3.8, 4) is 11.3 Å². The molecule has 35 heavy (non-hydrogen) atoms. The molecule has 1 aliphatic heterocycles. The normalized spacial score (nSPS) is 16.4. The zero-order valence-electron chi connectivity index (χ0n) is 19.9. The van der Waals surface area contributed by atoms with Crippen molar-refractivity contribution in [3.05, 3.63) is 69.5 Å². The predicted molar refractivity (Wildman–Crippen MR) is 136 cm³/mol. The first kappa shape index (κ1) is 24.9. The Balaban J connectivity index is 1.78. The van der Waals surface area contributed by atoms with E-state index in [1.807, 2.05) is 38.1 Å². The number of benzene rings is 1. The van der Waals surface area contributed by atoms with Gasteiger partial charge in [0.2, 0.25) is 5.91 Å². The van der Waals surface area contributed by atoms with Crippen LogP contribution in [0.1, 0.15) is 36.1 Å². The van der Waals surface area contributed by atoms with Crippen LogP contribution in [-0.4, -0.2) is 63.6 Å². The predicted octanol–water partition coefficient (Wildman–Crippen LogP) is 1.82. The van der Waals surface area contributed by atoms with E-state index < -0.39 is 11.8 Å². The molecule has 4 rings (SSSR count). The van der Waals surface area contributed by atoms with E-state index in [2.05, 4.69) is 30.9 Å². The summed E-state index contributed by atoms with van der Waals surface area (Å²) < 4.78 is 5.44. The monoisotopic (exact) mass is 492 g/mol. The van der Waals surface area contributed by atoms with Crippen LogP contribution in [0.2, 0.25) is 5.15 Å². The Kier molecular flexibility index (Phi) is 8.17. The van der Waals surface area contributed by atoms with Crippen LogP contribution >= 0.6 is 11.6 Å². The van der Waals surface area contributed by atoms with Crippen molar-refractivity contribution in [2.24, 2.45) is 5.73 Å². The Hall–Kier alpha value is -3.20. The SMILES string of the molecule is C/C=c1/c(-c2ccc(C)c(C(CC(N)=O)c3nccnc3Cl)c2)ncn/c1=C/CN1CCOCC1. The molecule has 182 valence electrons. The quantitative estimate of drug-likeness (QED) is 0.536. The highest BCUT2D eigenvalue weighted by molar-refractivity contribution is 6.30. The number of ether oxygens (including phenoxy) is 1. The Morgan fingerprint density at radius 3 is 2.69 bits per heavy atom. The van der Waals surface area contributed by atoms with Gasteiger partial charge in [-0.25, -0.2) is 15.0 Å². The maximum absolute atomic E-state index is 12.0. The molecular weight excluding hydrogens is 464 g/mol. The van der Waals surface area contributed by atoms with E-state index in [0.29, 0.717) is 5.69 Å².